The molecule has 0 aliphatic carbocycles. The molecule has 0 heterocycles. The molecule has 0 atom stereocenters. The number of hydrogen-bond acceptors (Lipinski definition) is 0. The van der Waals surface area contributed by atoms with Gasteiger partial charge in [0.1, 0.15) is 0 Å². The Morgan fingerprint density at radius 2 is 0.773 bits per heavy atom. The zero-order valence-electron chi connectivity index (χ0n) is 16.5. The average Bonchev–Trinajstić information content (AvgIpc) is 2.53. The van der Waals surface area contributed by atoms with Crippen LogP contribution in [0.25, 0.3) is 0 Å². The Bertz CT molecular complexity index is 194. The Hall–Kier alpha value is -0.0400. The van der Waals surface area contributed by atoms with Crippen LogP contribution in [-0.2, 0) is 0 Å². The van der Waals surface area contributed by atoms with Gasteiger partial charge >= 0.3 is 0 Å². The van der Waals surface area contributed by atoms with E-state index in [4.69, 9.17) is 0 Å². The molecule has 0 fully saturated rings. The Kier molecular flexibility index (Phi) is 15.8. The highest BCUT2D eigenvalue weighted by molar-refractivity contribution is 4.48. The van der Waals surface area contributed by atoms with E-state index in [1.807, 2.05) is 0 Å². The van der Waals surface area contributed by atoms with Gasteiger partial charge in [-0.2, -0.15) is 0 Å². The topological polar surface area (TPSA) is 0 Å². The van der Waals surface area contributed by atoms with Gasteiger partial charge in [0.15, 0.2) is 0 Å². The van der Waals surface area contributed by atoms with Crippen molar-refractivity contribution in [3.63, 3.8) is 0 Å². The fraction of sp³-hybridized carbons (Fsp3) is 1.00. The second-order valence-corrected chi connectivity index (χ2v) is 7.63. The van der Waals surface area contributed by atoms with Gasteiger partial charge in [-0.3, -0.25) is 0 Å². The molecule has 0 unspecified atom stereocenters. The Morgan fingerprint density at radius 3 is 1.09 bits per heavy atom. The molecule has 0 bridgehead atoms. The van der Waals surface area contributed by atoms with Crippen molar-refractivity contribution in [3.05, 3.63) is 0 Å². The van der Waals surface area contributed by atoms with E-state index in [0.717, 1.165) is 0 Å². The summed E-state index contributed by atoms with van der Waals surface area (Å²) in [7, 11) is 2.48. The lowest BCUT2D eigenvalue weighted by Gasteiger charge is -2.33. The summed E-state index contributed by atoms with van der Waals surface area (Å²) in [6, 6.07) is 0. The van der Waals surface area contributed by atoms with Crippen molar-refractivity contribution in [1.29, 1.82) is 0 Å². The third kappa shape index (κ3) is 13.6. The largest absolute Gasteiger partial charge is 0.326 e. The van der Waals surface area contributed by atoms with Gasteiger partial charge in [0, 0.05) is 0 Å². The summed E-state index contributed by atoms with van der Waals surface area (Å²) < 4.78 is 1.31. The number of quaternary nitrogens is 1. The molecule has 0 radical (unpaired) electrons. The molecule has 0 aromatic heterocycles. The van der Waals surface area contributed by atoms with Gasteiger partial charge in [0.25, 0.3) is 0 Å². The molecule has 0 aliphatic heterocycles. The fourth-order valence-corrected chi connectivity index (χ4v) is 3.33. The van der Waals surface area contributed by atoms with Gasteiger partial charge in [-0.15, -0.1) is 0 Å². The highest BCUT2D eigenvalue weighted by atomic mass is 15.3. The monoisotopic (exact) mass is 312 g/mol. The Morgan fingerprint density at radius 1 is 0.455 bits per heavy atom. The van der Waals surface area contributed by atoms with Gasteiger partial charge in [0.05, 0.1) is 26.7 Å². The summed E-state index contributed by atoms with van der Waals surface area (Å²) in [5.74, 6) is 0. The minimum atomic E-state index is 1.31. The predicted molar refractivity (Wildman–Crippen MR) is 102 cm³/mol. The maximum Gasteiger partial charge on any atom is 0.0784 e. The fourth-order valence-electron chi connectivity index (χ4n) is 3.33. The van der Waals surface area contributed by atoms with Crippen molar-refractivity contribution in [2.24, 2.45) is 0 Å². The molecule has 0 aromatic carbocycles. The second-order valence-electron chi connectivity index (χ2n) is 7.63. The lowest BCUT2D eigenvalue weighted by atomic mass is 10.1. The zero-order valence-corrected chi connectivity index (χ0v) is 16.5. The van der Waals surface area contributed by atoms with Crippen molar-refractivity contribution < 1.29 is 4.48 Å². The molecule has 22 heavy (non-hydrogen) atoms. The van der Waals surface area contributed by atoms with Gasteiger partial charge in [-0.1, -0.05) is 78.1 Å². The van der Waals surface area contributed by atoms with Crippen LogP contribution in [0, 0.1) is 0 Å². The van der Waals surface area contributed by atoms with Crippen molar-refractivity contribution in [1.82, 2.24) is 0 Å². The first-order chi connectivity index (χ1) is 10.7. The summed E-state index contributed by atoms with van der Waals surface area (Å²) in [4.78, 5) is 0. The quantitative estimate of drug-likeness (QED) is 0.201. The van der Waals surface area contributed by atoms with Crippen LogP contribution in [0.4, 0.5) is 0 Å². The zero-order chi connectivity index (χ0) is 16.5. The van der Waals surface area contributed by atoms with Crippen LogP contribution in [0.5, 0.6) is 0 Å². The lowest BCUT2D eigenvalue weighted by molar-refractivity contribution is -0.908. The van der Waals surface area contributed by atoms with Crippen LogP contribution in [0.2, 0.25) is 0 Å². The number of hydrogen-bond donors (Lipinski definition) is 0. The van der Waals surface area contributed by atoms with Crippen LogP contribution < -0.4 is 0 Å². The summed E-state index contributed by atoms with van der Waals surface area (Å²) in [5.41, 5.74) is 0. The van der Waals surface area contributed by atoms with Crippen molar-refractivity contribution in [2.75, 3.05) is 26.7 Å². The number of nitrogens with zero attached hydrogens (tertiary/aromatic N) is 1. The van der Waals surface area contributed by atoms with Crippen molar-refractivity contribution in [3.8, 4) is 0 Å². The first kappa shape index (κ1) is 22.0. The molecule has 0 aromatic rings. The first-order valence-electron chi connectivity index (χ1n) is 10.5. The molecular formula is C21H46N+. The molecule has 0 rings (SSSR count). The molecule has 0 aliphatic rings. The second kappa shape index (κ2) is 15.8. The smallest absolute Gasteiger partial charge is 0.0784 e. The summed E-state index contributed by atoms with van der Waals surface area (Å²) >= 11 is 0. The molecule has 0 saturated heterocycles. The molecular weight excluding hydrogens is 266 g/mol. The maximum absolute atomic E-state index is 2.48. The van der Waals surface area contributed by atoms with Crippen molar-refractivity contribution in [2.45, 2.75) is 111 Å². The van der Waals surface area contributed by atoms with Gasteiger partial charge in [0.2, 0.25) is 0 Å². The minimum Gasteiger partial charge on any atom is -0.326 e. The molecule has 1 nitrogen and oxygen atoms in total. The standard InChI is InChI=1S/C21H46N/c1-5-8-10-12-14-16-18-20-22(4,7-3)21-19-17-15-13-11-9-6-2/h5-21H2,1-4H3/q+1. The molecule has 0 N–H and O–H groups in total. The molecule has 0 saturated carbocycles. The van der Waals surface area contributed by atoms with Crippen LogP contribution in [0.15, 0.2) is 0 Å². The van der Waals surface area contributed by atoms with Gasteiger partial charge in [-0.25, -0.2) is 0 Å². The SMILES string of the molecule is CCCCCCCCC[N+](C)(CC)CCCCCCCCC. The number of rotatable bonds is 17. The maximum atomic E-state index is 2.48. The van der Waals surface area contributed by atoms with E-state index in [1.54, 1.807) is 0 Å². The van der Waals surface area contributed by atoms with E-state index in [9.17, 15) is 0 Å². The first-order valence-corrected chi connectivity index (χ1v) is 10.5. The Labute approximate surface area is 142 Å². The van der Waals surface area contributed by atoms with E-state index in [1.165, 1.54) is 114 Å². The Balaban J connectivity index is 3.54. The van der Waals surface area contributed by atoms with Crippen LogP contribution in [-0.4, -0.2) is 31.2 Å². The highest BCUT2D eigenvalue weighted by Crippen LogP contribution is 2.13. The highest BCUT2D eigenvalue weighted by Gasteiger charge is 2.17. The van der Waals surface area contributed by atoms with Crippen LogP contribution in [0.3, 0.4) is 0 Å². The number of unbranched alkanes of at least 4 members (excludes halogenated alkanes) is 12. The van der Waals surface area contributed by atoms with E-state index >= 15 is 0 Å². The van der Waals surface area contributed by atoms with Gasteiger partial charge < -0.3 is 4.48 Å². The summed E-state index contributed by atoms with van der Waals surface area (Å²) in [6.45, 7) is 11.1. The average molecular weight is 313 g/mol. The van der Waals surface area contributed by atoms with Crippen LogP contribution in [0.1, 0.15) is 111 Å². The molecule has 0 amide bonds. The van der Waals surface area contributed by atoms with E-state index < -0.39 is 0 Å². The van der Waals surface area contributed by atoms with Crippen LogP contribution >= 0.6 is 0 Å². The van der Waals surface area contributed by atoms with E-state index in [2.05, 4.69) is 27.8 Å². The minimum absolute atomic E-state index is 1.31. The van der Waals surface area contributed by atoms with E-state index in [0.29, 0.717) is 0 Å². The summed E-state index contributed by atoms with van der Waals surface area (Å²) in [5, 5.41) is 0. The molecule has 1 heteroatoms. The third-order valence-corrected chi connectivity index (χ3v) is 5.37. The van der Waals surface area contributed by atoms with E-state index in [-0.39, 0.29) is 0 Å². The van der Waals surface area contributed by atoms with Crippen molar-refractivity contribution >= 4 is 0 Å². The van der Waals surface area contributed by atoms with Gasteiger partial charge in [-0.05, 0) is 32.6 Å². The predicted octanol–water partition coefficient (Wildman–Crippen LogP) is 6.95. The molecule has 0 spiro atoms. The third-order valence-electron chi connectivity index (χ3n) is 5.37. The summed E-state index contributed by atoms with van der Waals surface area (Å²) in [6.07, 6.45) is 20.1. The normalized spacial score (nSPS) is 12.0. The lowest BCUT2D eigenvalue weighted by Crippen LogP contribution is -2.45. The molecule has 134 valence electrons.